The Balaban J connectivity index is 1.41. The maximum absolute atomic E-state index is 14.6. The molecule has 2 aromatic rings. The highest BCUT2D eigenvalue weighted by Crippen LogP contribution is 2.35. The summed E-state index contributed by atoms with van der Waals surface area (Å²) in [6.07, 6.45) is 6.00. The van der Waals surface area contributed by atoms with Crippen LogP contribution in [-0.4, -0.2) is 74.0 Å². The van der Waals surface area contributed by atoms with Crippen LogP contribution in [0.5, 0.6) is 0 Å². The second-order valence-corrected chi connectivity index (χ2v) is 8.67. The molecular weight excluding hydrogens is 458 g/mol. The SMILES string of the molecule is N#CC(CB(O)O)NC(=O)C1CCN1C(=O)C(NC(=O)c1ccc(-n2ccnc2)c(F)c1)C1CC1. The van der Waals surface area contributed by atoms with Crippen LogP contribution in [0.25, 0.3) is 5.69 Å². The Hall–Kier alpha value is -3.76. The summed E-state index contributed by atoms with van der Waals surface area (Å²) in [6, 6.07) is 2.98. The number of nitrogens with zero attached hydrogens (tertiary/aromatic N) is 4. The second kappa shape index (κ2) is 10.2. The topological polar surface area (TPSA) is 161 Å². The first-order valence-corrected chi connectivity index (χ1v) is 11.2. The van der Waals surface area contributed by atoms with Crippen LogP contribution in [0.1, 0.15) is 29.6 Å². The molecule has 0 spiro atoms. The van der Waals surface area contributed by atoms with Gasteiger partial charge < -0.3 is 30.1 Å². The van der Waals surface area contributed by atoms with E-state index >= 15 is 0 Å². The van der Waals surface area contributed by atoms with Crippen molar-refractivity contribution in [2.45, 2.75) is 43.7 Å². The van der Waals surface area contributed by atoms with Gasteiger partial charge >= 0.3 is 7.12 Å². The minimum absolute atomic E-state index is 0.0575. The third kappa shape index (κ3) is 5.50. The molecule has 3 amide bonds. The molecule has 35 heavy (non-hydrogen) atoms. The summed E-state index contributed by atoms with van der Waals surface area (Å²) in [6.45, 7) is 0.310. The third-order valence-corrected chi connectivity index (χ3v) is 6.16. The van der Waals surface area contributed by atoms with Gasteiger partial charge in [-0.2, -0.15) is 5.26 Å². The van der Waals surface area contributed by atoms with Crippen molar-refractivity contribution in [2.75, 3.05) is 6.54 Å². The molecule has 182 valence electrons. The number of rotatable bonds is 9. The molecule has 3 atom stereocenters. The number of hydrogen-bond donors (Lipinski definition) is 4. The van der Waals surface area contributed by atoms with Crippen molar-refractivity contribution in [3.63, 3.8) is 0 Å². The largest absolute Gasteiger partial charge is 0.454 e. The predicted molar refractivity (Wildman–Crippen MR) is 120 cm³/mol. The first-order valence-electron chi connectivity index (χ1n) is 11.2. The van der Waals surface area contributed by atoms with Crippen LogP contribution in [0.2, 0.25) is 6.32 Å². The quantitative estimate of drug-likeness (QED) is 0.354. The molecular formula is C22H24BFN6O5. The summed E-state index contributed by atoms with van der Waals surface area (Å²) in [7, 11) is -1.76. The lowest BCUT2D eigenvalue weighted by Gasteiger charge is -2.42. The zero-order valence-corrected chi connectivity index (χ0v) is 18.7. The number of nitriles is 1. The van der Waals surface area contributed by atoms with Crippen LogP contribution in [0.15, 0.2) is 36.9 Å². The number of hydrogen-bond acceptors (Lipinski definition) is 7. The molecule has 1 aromatic carbocycles. The number of carbonyl (C=O) groups excluding carboxylic acids is 3. The zero-order valence-electron chi connectivity index (χ0n) is 18.7. The highest BCUT2D eigenvalue weighted by atomic mass is 19.1. The lowest BCUT2D eigenvalue weighted by molar-refractivity contribution is -0.149. The fourth-order valence-electron chi connectivity index (χ4n) is 4.02. The number of benzene rings is 1. The predicted octanol–water partition coefficient (Wildman–Crippen LogP) is -0.398. The monoisotopic (exact) mass is 482 g/mol. The molecule has 0 bridgehead atoms. The molecule has 1 aliphatic heterocycles. The number of imidazole rings is 1. The molecule has 4 N–H and O–H groups in total. The standard InChI is InChI=1S/C22H24BFN6O5/c24-16-9-14(3-4-17(16)29-8-6-26-12-29)20(31)28-19(13-1-2-13)22(33)30-7-5-18(30)21(32)27-15(11-25)10-23(34)35/h3-4,6,8-9,12-13,15,18-19,34-35H,1-2,5,7,10H2,(H,27,32)(H,28,31). The third-order valence-electron chi connectivity index (χ3n) is 6.16. The van der Waals surface area contributed by atoms with Gasteiger partial charge in [0.05, 0.1) is 18.1 Å². The lowest BCUT2D eigenvalue weighted by Crippen LogP contribution is -2.63. The molecule has 2 heterocycles. The van der Waals surface area contributed by atoms with Crippen molar-refractivity contribution in [1.82, 2.24) is 25.1 Å². The van der Waals surface area contributed by atoms with Crippen molar-refractivity contribution in [2.24, 2.45) is 5.92 Å². The van der Waals surface area contributed by atoms with Crippen LogP contribution in [0, 0.1) is 23.1 Å². The van der Waals surface area contributed by atoms with Crippen LogP contribution >= 0.6 is 0 Å². The van der Waals surface area contributed by atoms with Gasteiger partial charge in [-0.05, 0) is 43.4 Å². The maximum atomic E-state index is 14.6. The van der Waals surface area contributed by atoms with Gasteiger partial charge in [-0.15, -0.1) is 0 Å². The van der Waals surface area contributed by atoms with E-state index in [4.69, 9.17) is 15.3 Å². The molecule has 2 fully saturated rings. The number of amides is 3. The van der Waals surface area contributed by atoms with Crippen molar-refractivity contribution in [3.8, 4) is 11.8 Å². The van der Waals surface area contributed by atoms with E-state index < -0.39 is 48.8 Å². The van der Waals surface area contributed by atoms with E-state index in [0.717, 1.165) is 18.9 Å². The van der Waals surface area contributed by atoms with Crippen LogP contribution in [0.3, 0.4) is 0 Å². The van der Waals surface area contributed by atoms with E-state index in [2.05, 4.69) is 15.6 Å². The fraction of sp³-hybridized carbons (Fsp3) is 0.409. The molecule has 1 saturated heterocycles. The molecule has 11 nitrogen and oxygen atoms in total. The molecule has 4 rings (SSSR count). The van der Waals surface area contributed by atoms with Gasteiger partial charge in [0.1, 0.15) is 23.9 Å². The van der Waals surface area contributed by atoms with Crippen molar-refractivity contribution < 1.29 is 28.8 Å². The number of nitrogens with one attached hydrogen (secondary N) is 2. The molecule has 2 aliphatic rings. The molecule has 1 saturated carbocycles. The van der Waals surface area contributed by atoms with Gasteiger partial charge in [-0.25, -0.2) is 9.37 Å². The van der Waals surface area contributed by atoms with Gasteiger partial charge in [0, 0.05) is 30.8 Å². The minimum atomic E-state index is -1.76. The Labute approximate surface area is 200 Å². The summed E-state index contributed by atoms with van der Waals surface area (Å²) >= 11 is 0. The molecule has 1 aliphatic carbocycles. The Morgan fingerprint density at radius 1 is 1.26 bits per heavy atom. The van der Waals surface area contributed by atoms with E-state index in [-0.39, 0.29) is 23.5 Å². The van der Waals surface area contributed by atoms with Crippen LogP contribution in [-0.2, 0) is 9.59 Å². The first kappa shape index (κ1) is 24.4. The highest BCUT2D eigenvalue weighted by molar-refractivity contribution is 6.41. The number of likely N-dealkylation sites (tertiary alicyclic amines) is 1. The number of carbonyl (C=O) groups is 3. The molecule has 13 heteroatoms. The highest BCUT2D eigenvalue weighted by Gasteiger charge is 2.46. The minimum Gasteiger partial charge on any atom is -0.427 e. The second-order valence-electron chi connectivity index (χ2n) is 8.67. The summed E-state index contributed by atoms with van der Waals surface area (Å²) in [4.78, 5) is 43.8. The fourth-order valence-corrected chi connectivity index (χ4v) is 4.02. The number of halogens is 1. The van der Waals surface area contributed by atoms with E-state index in [1.54, 1.807) is 12.3 Å². The zero-order chi connectivity index (χ0) is 25.1. The smallest absolute Gasteiger partial charge is 0.427 e. The summed E-state index contributed by atoms with van der Waals surface area (Å²) in [5.74, 6) is -2.30. The summed E-state index contributed by atoms with van der Waals surface area (Å²) in [5.41, 5.74) is 0.287. The normalized spacial score (nSPS) is 18.6. The van der Waals surface area contributed by atoms with E-state index in [0.29, 0.717) is 13.0 Å². The maximum Gasteiger partial charge on any atom is 0.454 e. The van der Waals surface area contributed by atoms with Gasteiger partial charge in [0.2, 0.25) is 11.8 Å². The van der Waals surface area contributed by atoms with Gasteiger partial charge in [-0.1, -0.05) is 0 Å². The van der Waals surface area contributed by atoms with Crippen LogP contribution < -0.4 is 10.6 Å². The Morgan fingerprint density at radius 3 is 2.57 bits per heavy atom. The van der Waals surface area contributed by atoms with E-state index in [9.17, 15) is 18.8 Å². The number of aromatic nitrogens is 2. The van der Waals surface area contributed by atoms with Gasteiger partial charge in [0.25, 0.3) is 5.91 Å². The van der Waals surface area contributed by atoms with Crippen molar-refractivity contribution in [1.29, 1.82) is 5.26 Å². The molecule has 0 radical (unpaired) electrons. The average Bonchev–Trinajstić information content (AvgIpc) is 3.48. The Morgan fingerprint density at radius 2 is 2.03 bits per heavy atom. The van der Waals surface area contributed by atoms with E-state index in [1.165, 1.54) is 34.1 Å². The first-order chi connectivity index (χ1) is 16.8. The molecule has 1 aromatic heterocycles. The van der Waals surface area contributed by atoms with Crippen molar-refractivity contribution in [3.05, 3.63) is 48.3 Å². The van der Waals surface area contributed by atoms with Gasteiger partial charge in [0.15, 0.2) is 0 Å². The lowest BCUT2D eigenvalue weighted by atomic mass is 9.82. The summed E-state index contributed by atoms with van der Waals surface area (Å²) < 4.78 is 16.1. The van der Waals surface area contributed by atoms with Gasteiger partial charge in [-0.3, -0.25) is 14.4 Å². The Kier molecular flexibility index (Phi) is 7.13. The average molecular weight is 482 g/mol. The van der Waals surface area contributed by atoms with Crippen molar-refractivity contribution >= 4 is 24.8 Å². The molecule has 3 unspecified atom stereocenters. The Bertz CT molecular complexity index is 1150. The van der Waals surface area contributed by atoms with E-state index in [1.807, 2.05) is 0 Å². The van der Waals surface area contributed by atoms with Crippen LogP contribution in [0.4, 0.5) is 4.39 Å². The summed E-state index contributed by atoms with van der Waals surface area (Å²) in [5, 5.41) is 32.3.